The van der Waals surface area contributed by atoms with Gasteiger partial charge in [-0.3, -0.25) is 0 Å². The Morgan fingerprint density at radius 2 is 2.00 bits per heavy atom. The van der Waals surface area contributed by atoms with Crippen LogP contribution in [0, 0.1) is 17.3 Å². The van der Waals surface area contributed by atoms with Gasteiger partial charge >= 0.3 is 0 Å². The molecule has 2 atom stereocenters. The highest BCUT2D eigenvalue weighted by Gasteiger charge is 2.43. The number of hydrogen-bond acceptors (Lipinski definition) is 2. The molecule has 0 aromatic carbocycles. The van der Waals surface area contributed by atoms with E-state index in [1.54, 1.807) is 6.08 Å². The topological polar surface area (TPSA) is 26.0 Å². The highest BCUT2D eigenvalue weighted by molar-refractivity contribution is 8.00. The van der Waals surface area contributed by atoms with E-state index in [0.717, 1.165) is 16.6 Å². The van der Waals surface area contributed by atoms with Crippen molar-refractivity contribution < 1.29 is 0 Å². The summed E-state index contributed by atoms with van der Waals surface area (Å²) in [5, 5.41) is 0.819. The summed E-state index contributed by atoms with van der Waals surface area (Å²) in [6.45, 7) is 7.64. The van der Waals surface area contributed by atoms with Gasteiger partial charge in [-0.25, -0.2) is 0 Å². The molecule has 0 saturated heterocycles. The Labute approximate surface area is 158 Å². The van der Waals surface area contributed by atoms with Gasteiger partial charge in [0, 0.05) is 11.0 Å². The monoisotopic (exact) mass is 355 g/mol. The highest BCUT2D eigenvalue weighted by atomic mass is 32.2. The van der Waals surface area contributed by atoms with E-state index < -0.39 is 0 Å². The first-order chi connectivity index (χ1) is 12.1. The van der Waals surface area contributed by atoms with Crippen LogP contribution in [0.5, 0.6) is 0 Å². The SMILES string of the molecule is C=CC(N)C(C)=C=C/C(=C\C#CC)CSC1CCCC12CCCCC2. The van der Waals surface area contributed by atoms with E-state index >= 15 is 0 Å². The maximum atomic E-state index is 5.98. The van der Waals surface area contributed by atoms with Crippen LogP contribution in [-0.4, -0.2) is 17.0 Å². The number of nitrogens with two attached hydrogens (primary N) is 1. The second-order valence-electron chi connectivity index (χ2n) is 7.46. The number of allylic oxidation sites excluding steroid dienone is 1. The van der Waals surface area contributed by atoms with Crippen molar-refractivity contribution in [2.75, 3.05) is 5.75 Å². The van der Waals surface area contributed by atoms with Crippen LogP contribution in [0.3, 0.4) is 0 Å². The Kier molecular flexibility index (Phi) is 8.17. The summed E-state index contributed by atoms with van der Waals surface area (Å²) in [6, 6.07) is -0.122. The zero-order chi connectivity index (χ0) is 18.1. The molecule has 1 spiro atoms. The molecule has 2 N–H and O–H groups in total. The fourth-order valence-electron chi connectivity index (χ4n) is 4.16. The molecule has 2 fully saturated rings. The first-order valence-electron chi connectivity index (χ1n) is 9.65. The van der Waals surface area contributed by atoms with Gasteiger partial charge in [-0.05, 0) is 68.2 Å². The summed E-state index contributed by atoms with van der Waals surface area (Å²) in [4.78, 5) is 0. The Balaban J connectivity index is 2.06. The normalized spacial score (nSPS) is 23.3. The van der Waals surface area contributed by atoms with E-state index in [1.807, 2.05) is 19.9 Å². The zero-order valence-corrected chi connectivity index (χ0v) is 16.8. The van der Waals surface area contributed by atoms with Crippen molar-refractivity contribution >= 4 is 11.8 Å². The third-order valence-corrected chi connectivity index (χ3v) is 7.40. The lowest BCUT2D eigenvalue weighted by molar-refractivity contribution is 0.204. The maximum Gasteiger partial charge on any atom is 0.0510 e. The molecule has 2 rings (SSSR count). The minimum atomic E-state index is -0.122. The van der Waals surface area contributed by atoms with Gasteiger partial charge < -0.3 is 5.73 Å². The molecule has 2 heteroatoms. The third kappa shape index (κ3) is 5.68. The Morgan fingerprint density at radius 1 is 1.28 bits per heavy atom. The molecule has 2 aliphatic rings. The van der Waals surface area contributed by atoms with Crippen LogP contribution in [0.25, 0.3) is 0 Å². The van der Waals surface area contributed by atoms with Crippen LogP contribution >= 0.6 is 11.8 Å². The molecular formula is C23H33NS. The van der Waals surface area contributed by atoms with E-state index in [9.17, 15) is 0 Å². The maximum absolute atomic E-state index is 5.98. The summed E-state index contributed by atoms with van der Waals surface area (Å²) in [6.07, 6.45) is 17.3. The molecule has 136 valence electrons. The Morgan fingerprint density at radius 3 is 2.68 bits per heavy atom. The van der Waals surface area contributed by atoms with Crippen molar-refractivity contribution in [3.05, 3.63) is 41.7 Å². The highest BCUT2D eigenvalue weighted by Crippen LogP contribution is 2.53. The van der Waals surface area contributed by atoms with Crippen molar-refractivity contribution in [1.29, 1.82) is 0 Å². The number of thioether (sulfide) groups is 1. The molecule has 0 amide bonds. The summed E-state index contributed by atoms with van der Waals surface area (Å²) in [7, 11) is 0. The molecule has 0 aromatic heterocycles. The van der Waals surface area contributed by atoms with Gasteiger partial charge in [-0.2, -0.15) is 11.8 Å². The van der Waals surface area contributed by atoms with E-state index in [2.05, 4.69) is 42.0 Å². The van der Waals surface area contributed by atoms with E-state index in [1.165, 1.54) is 56.9 Å². The summed E-state index contributed by atoms with van der Waals surface area (Å²) in [5.41, 5.74) is 12.2. The second-order valence-corrected chi connectivity index (χ2v) is 8.65. The van der Waals surface area contributed by atoms with Gasteiger partial charge in [-0.1, -0.05) is 37.7 Å². The van der Waals surface area contributed by atoms with Gasteiger partial charge in [0.1, 0.15) is 0 Å². The molecular weight excluding hydrogens is 322 g/mol. The molecule has 0 radical (unpaired) electrons. The fraction of sp³-hybridized carbons (Fsp3) is 0.609. The van der Waals surface area contributed by atoms with Crippen LogP contribution in [0.2, 0.25) is 0 Å². The van der Waals surface area contributed by atoms with Crippen molar-refractivity contribution in [3.8, 4) is 11.8 Å². The molecule has 0 heterocycles. The molecule has 25 heavy (non-hydrogen) atoms. The smallest absolute Gasteiger partial charge is 0.0510 e. The molecule has 2 unspecified atom stereocenters. The summed E-state index contributed by atoms with van der Waals surface area (Å²) >= 11 is 2.15. The minimum Gasteiger partial charge on any atom is -0.321 e. The van der Waals surface area contributed by atoms with E-state index in [0.29, 0.717) is 5.41 Å². The molecule has 2 aliphatic carbocycles. The van der Waals surface area contributed by atoms with Crippen LogP contribution in [0.15, 0.2) is 41.7 Å². The number of hydrogen-bond donors (Lipinski definition) is 1. The molecule has 0 bridgehead atoms. The minimum absolute atomic E-state index is 0.122. The predicted octanol–water partition coefficient (Wildman–Crippen LogP) is 5.79. The van der Waals surface area contributed by atoms with Crippen molar-refractivity contribution in [2.45, 2.75) is 76.5 Å². The lowest BCUT2D eigenvalue weighted by Gasteiger charge is -2.38. The van der Waals surface area contributed by atoms with Crippen LogP contribution in [-0.2, 0) is 0 Å². The summed E-state index contributed by atoms with van der Waals surface area (Å²) < 4.78 is 0. The quantitative estimate of drug-likeness (QED) is 0.282. The van der Waals surface area contributed by atoms with Gasteiger partial charge in [0.2, 0.25) is 0 Å². The lowest BCUT2D eigenvalue weighted by Crippen LogP contribution is -2.30. The Hall–Kier alpha value is -1.13. The van der Waals surface area contributed by atoms with E-state index in [-0.39, 0.29) is 6.04 Å². The van der Waals surface area contributed by atoms with E-state index in [4.69, 9.17) is 5.73 Å². The third-order valence-electron chi connectivity index (χ3n) is 5.77. The first-order valence-corrected chi connectivity index (χ1v) is 10.7. The number of rotatable bonds is 6. The second kappa shape index (κ2) is 10.1. The molecule has 2 saturated carbocycles. The standard InChI is InChI=1S/C23H33NS/c1-4-6-11-20(14-13-19(3)21(24)5-2)18-25-22-12-10-17-23(22)15-8-7-9-16-23/h5,11,14,21-22H,2,7-10,12,15-18,24H2,1,3H3/b20-11+. The molecule has 0 aliphatic heterocycles. The first kappa shape index (κ1) is 20.2. The molecule has 0 aromatic rings. The van der Waals surface area contributed by atoms with Crippen LogP contribution in [0.4, 0.5) is 0 Å². The van der Waals surface area contributed by atoms with Gasteiger partial charge in [0.25, 0.3) is 0 Å². The van der Waals surface area contributed by atoms with Crippen LogP contribution in [0.1, 0.15) is 65.2 Å². The largest absolute Gasteiger partial charge is 0.321 e. The molecule has 1 nitrogen and oxygen atoms in total. The lowest BCUT2D eigenvalue weighted by atomic mass is 9.73. The Bertz CT molecular complexity index is 604. The summed E-state index contributed by atoms with van der Waals surface area (Å²) in [5.74, 6) is 7.10. The van der Waals surface area contributed by atoms with Crippen molar-refractivity contribution in [1.82, 2.24) is 0 Å². The van der Waals surface area contributed by atoms with Gasteiger partial charge in [0.05, 0.1) is 6.04 Å². The predicted molar refractivity (Wildman–Crippen MR) is 113 cm³/mol. The zero-order valence-electron chi connectivity index (χ0n) is 15.9. The average molecular weight is 356 g/mol. The average Bonchev–Trinajstić information content (AvgIpc) is 3.02. The fourth-order valence-corrected chi connectivity index (χ4v) is 5.76. The van der Waals surface area contributed by atoms with Gasteiger partial charge in [0.15, 0.2) is 0 Å². The van der Waals surface area contributed by atoms with Gasteiger partial charge in [-0.15, -0.1) is 18.2 Å². The van der Waals surface area contributed by atoms with Crippen molar-refractivity contribution in [2.24, 2.45) is 11.1 Å². The van der Waals surface area contributed by atoms with Crippen LogP contribution < -0.4 is 5.73 Å². The van der Waals surface area contributed by atoms with Crippen molar-refractivity contribution in [3.63, 3.8) is 0 Å².